The first-order chi connectivity index (χ1) is 10.8. The third-order valence-corrected chi connectivity index (χ3v) is 5.25. The number of sulfonamides is 1. The van der Waals surface area contributed by atoms with Crippen molar-refractivity contribution in [3.8, 4) is 5.75 Å². The largest absolute Gasteiger partial charge is 0.495 e. The molecule has 5 nitrogen and oxygen atoms in total. The zero-order chi connectivity index (χ0) is 17.0. The number of halogens is 1. The van der Waals surface area contributed by atoms with Crippen molar-refractivity contribution < 1.29 is 13.2 Å². The van der Waals surface area contributed by atoms with Gasteiger partial charge in [-0.1, -0.05) is 28.1 Å². The Labute approximate surface area is 145 Å². The van der Waals surface area contributed by atoms with Gasteiger partial charge in [0.2, 0.25) is 10.0 Å². The number of ether oxygens (including phenoxy) is 1. The fraction of sp³-hybridized carbons (Fsp3) is 0.250. The van der Waals surface area contributed by atoms with E-state index in [0.29, 0.717) is 10.2 Å². The molecule has 7 heteroatoms. The third kappa shape index (κ3) is 4.46. The monoisotopic (exact) mass is 398 g/mol. The molecule has 0 bridgehead atoms. The zero-order valence-electron chi connectivity index (χ0n) is 13.2. The van der Waals surface area contributed by atoms with Crippen LogP contribution in [0.1, 0.15) is 5.56 Å². The summed E-state index contributed by atoms with van der Waals surface area (Å²) in [6.45, 7) is 0.214. The summed E-state index contributed by atoms with van der Waals surface area (Å²) < 4.78 is 33.4. The predicted octanol–water partition coefficient (Wildman–Crippen LogP) is 3.00. The number of anilines is 1. The van der Waals surface area contributed by atoms with E-state index in [0.717, 1.165) is 11.3 Å². The lowest BCUT2D eigenvalue weighted by Gasteiger charge is -2.14. The molecule has 23 heavy (non-hydrogen) atoms. The summed E-state index contributed by atoms with van der Waals surface area (Å²) in [6, 6.07) is 12.6. The molecular formula is C16H19BrN2O3S. The highest BCUT2D eigenvalue weighted by atomic mass is 79.9. The summed E-state index contributed by atoms with van der Waals surface area (Å²) >= 11 is 3.28. The Hall–Kier alpha value is -1.57. The average Bonchev–Trinajstić information content (AvgIpc) is 2.53. The highest BCUT2D eigenvalue weighted by Gasteiger charge is 2.19. The fourth-order valence-electron chi connectivity index (χ4n) is 2.03. The second-order valence-electron chi connectivity index (χ2n) is 5.18. The smallest absolute Gasteiger partial charge is 0.244 e. The normalized spacial score (nSPS) is 11.3. The quantitative estimate of drug-likeness (QED) is 0.812. The first-order valence-corrected chi connectivity index (χ1v) is 9.20. The zero-order valence-corrected chi connectivity index (χ0v) is 15.6. The van der Waals surface area contributed by atoms with Gasteiger partial charge in [0.15, 0.2) is 0 Å². The molecule has 0 aliphatic carbocycles. The number of benzene rings is 2. The summed E-state index contributed by atoms with van der Waals surface area (Å²) in [4.78, 5) is 2.10. The van der Waals surface area contributed by atoms with Crippen LogP contribution in [0, 0.1) is 0 Å². The SMILES string of the molecule is COc1ccc(Br)cc1S(=O)(=O)NCc1ccc(N(C)C)cc1. The summed E-state index contributed by atoms with van der Waals surface area (Å²) in [6.07, 6.45) is 0. The minimum absolute atomic E-state index is 0.110. The number of hydrogen-bond acceptors (Lipinski definition) is 4. The van der Waals surface area contributed by atoms with Crippen LogP contribution in [0.5, 0.6) is 5.75 Å². The van der Waals surface area contributed by atoms with Gasteiger partial charge in [0.1, 0.15) is 10.6 Å². The molecule has 0 aliphatic rings. The number of rotatable bonds is 6. The molecule has 0 heterocycles. The van der Waals surface area contributed by atoms with Crippen LogP contribution in [0.3, 0.4) is 0 Å². The van der Waals surface area contributed by atoms with Crippen molar-refractivity contribution in [2.24, 2.45) is 0 Å². The second kappa shape index (κ2) is 7.33. The van der Waals surface area contributed by atoms with Crippen LogP contribution in [0.15, 0.2) is 51.8 Å². The maximum Gasteiger partial charge on any atom is 0.244 e. The van der Waals surface area contributed by atoms with Crippen molar-refractivity contribution in [2.45, 2.75) is 11.4 Å². The van der Waals surface area contributed by atoms with Crippen molar-refractivity contribution in [1.29, 1.82) is 0 Å². The van der Waals surface area contributed by atoms with Crippen molar-refractivity contribution in [3.63, 3.8) is 0 Å². The van der Waals surface area contributed by atoms with E-state index in [2.05, 4.69) is 20.7 Å². The molecular weight excluding hydrogens is 380 g/mol. The van der Waals surface area contributed by atoms with Gasteiger partial charge in [-0.3, -0.25) is 0 Å². The highest BCUT2D eigenvalue weighted by molar-refractivity contribution is 9.10. The van der Waals surface area contributed by atoms with E-state index in [1.54, 1.807) is 12.1 Å². The molecule has 2 aromatic carbocycles. The molecule has 0 aromatic heterocycles. The molecule has 1 N–H and O–H groups in total. The minimum atomic E-state index is -3.67. The molecule has 0 radical (unpaired) electrons. The van der Waals surface area contributed by atoms with Crippen LogP contribution in [0.2, 0.25) is 0 Å². The van der Waals surface area contributed by atoms with Gasteiger partial charge in [0, 0.05) is 30.8 Å². The van der Waals surface area contributed by atoms with Gasteiger partial charge >= 0.3 is 0 Å². The molecule has 0 spiro atoms. The molecule has 2 rings (SSSR count). The number of nitrogens with one attached hydrogen (secondary N) is 1. The Balaban J connectivity index is 2.17. The molecule has 0 fully saturated rings. The Morgan fingerprint density at radius 3 is 2.35 bits per heavy atom. The van der Waals surface area contributed by atoms with Gasteiger partial charge in [-0.25, -0.2) is 13.1 Å². The highest BCUT2D eigenvalue weighted by Crippen LogP contribution is 2.27. The molecule has 0 unspecified atom stereocenters. The van der Waals surface area contributed by atoms with E-state index in [4.69, 9.17) is 4.74 Å². The fourth-order valence-corrected chi connectivity index (χ4v) is 3.75. The van der Waals surface area contributed by atoms with E-state index < -0.39 is 10.0 Å². The summed E-state index contributed by atoms with van der Waals surface area (Å²) in [5.74, 6) is 0.309. The van der Waals surface area contributed by atoms with Crippen molar-refractivity contribution >= 4 is 31.6 Å². The summed E-state index contributed by atoms with van der Waals surface area (Å²) in [5.41, 5.74) is 1.94. The Kier molecular flexibility index (Phi) is 5.67. The average molecular weight is 399 g/mol. The molecule has 124 valence electrons. The van der Waals surface area contributed by atoms with Gasteiger partial charge in [-0.05, 0) is 35.9 Å². The van der Waals surface area contributed by atoms with Gasteiger partial charge in [-0.15, -0.1) is 0 Å². The van der Waals surface area contributed by atoms with Gasteiger partial charge in [0.05, 0.1) is 7.11 Å². The lowest BCUT2D eigenvalue weighted by Crippen LogP contribution is -2.23. The number of nitrogens with zero attached hydrogens (tertiary/aromatic N) is 1. The van der Waals surface area contributed by atoms with Crippen molar-refractivity contribution in [3.05, 3.63) is 52.5 Å². The van der Waals surface area contributed by atoms with Crippen molar-refractivity contribution in [1.82, 2.24) is 4.72 Å². The Morgan fingerprint density at radius 2 is 1.78 bits per heavy atom. The van der Waals surface area contributed by atoms with Crippen molar-refractivity contribution in [2.75, 3.05) is 26.1 Å². The Bertz CT molecular complexity index is 774. The van der Waals surface area contributed by atoms with E-state index in [1.807, 2.05) is 43.3 Å². The third-order valence-electron chi connectivity index (χ3n) is 3.33. The maximum absolute atomic E-state index is 12.5. The van der Waals surface area contributed by atoms with Crippen LogP contribution in [-0.4, -0.2) is 29.6 Å². The van der Waals surface area contributed by atoms with E-state index in [1.165, 1.54) is 13.2 Å². The Morgan fingerprint density at radius 1 is 1.13 bits per heavy atom. The number of methoxy groups -OCH3 is 1. The molecule has 2 aromatic rings. The van der Waals surface area contributed by atoms with Gasteiger partial charge < -0.3 is 9.64 Å². The van der Waals surface area contributed by atoms with E-state index in [9.17, 15) is 8.42 Å². The van der Waals surface area contributed by atoms with Gasteiger partial charge in [0.25, 0.3) is 0 Å². The van der Waals surface area contributed by atoms with E-state index in [-0.39, 0.29) is 11.4 Å². The van der Waals surface area contributed by atoms with Crippen LogP contribution in [0.25, 0.3) is 0 Å². The first-order valence-electron chi connectivity index (χ1n) is 6.93. The minimum Gasteiger partial charge on any atom is -0.495 e. The molecule has 0 saturated carbocycles. The van der Waals surface area contributed by atoms with Gasteiger partial charge in [-0.2, -0.15) is 0 Å². The molecule has 0 amide bonds. The molecule has 0 saturated heterocycles. The second-order valence-corrected chi connectivity index (χ2v) is 7.83. The number of hydrogen-bond donors (Lipinski definition) is 1. The van der Waals surface area contributed by atoms with Crippen LogP contribution >= 0.6 is 15.9 Å². The van der Waals surface area contributed by atoms with E-state index >= 15 is 0 Å². The standard InChI is InChI=1S/C16H19BrN2O3S/c1-19(2)14-7-4-12(5-8-14)11-18-23(20,21)16-10-13(17)6-9-15(16)22-3/h4-10,18H,11H2,1-3H3. The van der Waals surface area contributed by atoms with Crippen LogP contribution in [-0.2, 0) is 16.6 Å². The topological polar surface area (TPSA) is 58.6 Å². The lowest BCUT2D eigenvalue weighted by molar-refractivity contribution is 0.402. The summed E-state index contributed by atoms with van der Waals surface area (Å²) in [7, 11) is 1.69. The first kappa shape index (κ1) is 17.8. The van der Waals surface area contributed by atoms with Crippen LogP contribution in [0.4, 0.5) is 5.69 Å². The summed E-state index contributed by atoms with van der Waals surface area (Å²) in [5, 5.41) is 0. The molecule has 0 atom stereocenters. The molecule has 0 aliphatic heterocycles. The van der Waals surface area contributed by atoms with Crippen LogP contribution < -0.4 is 14.4 Å². The predicted molar refractivity (Wildman–Crippen MR) is 95.5 cm³/mol. The lowest BCUT2D eigenvalue weighted by atomic mass is 10.2. The maximum atomic E-state index is 12.5.